The number of amides is 1. The molecule has 8 nitrogen and oxygen atoms in total. The first-order valence-corrected chi connectivity index (χ1v) is 12.4. The lowest BCUT2D eigenvalue weighted by Crippen LogP contribution is -2.16. The molecule has 2 N–H and O–H groups in total. The van der Waals surface area contributed by atoms with E-state index in [-0.39, 0.29) is 5.91 Å². The molecule has 8 heteroatoms. The van der Waals surface area contributed by atoms with Crippen LogP contribution in [0.25, 0.3) is 16.6 Å². The number of pyridine rings is 2. The Bertz CT molecular complexity index is 1470. The molecule has 0 saturated carbocycles. The van der Waals surface area contributed by atoms with Crippen molar-refractivity contribution in [2.24, 2.45) is 0 Å². The summed E-state index contributed by atoms with van der Waals surface area (Å²) in [4.78, 5) is 20.0. The van der Waals surface area contributed by atoms with Crippen molar-refractivity contribution in [1.82, 2.24) is 24.8 Å². The molecule has 36 heavy (non-hydrogen) atoms. The lowest BCUT2D eigenvalue weighted by Gasteiger charge is -2.19. The number of aryl methyl sites for hydroxylation is 1. The Morgan fingerprint density at radius 2 is 2.06 bits per heavy atom. The van der Waals surface area contributed by atoms with E-state index in [4.69, 9.17) is 9.72 Å². The molecule has 5 heterocycles. The van der Waals surface area contributed by atoms with Crippen molar-refractivity contribution in [1.29, 1.82) is 0 Å². The molecule has 1 fully saturated rings. The van der Waals surface area contributed by atoms with E-state index in [1.807, 2.05) is 41.9 Å². The lowest BCUT2D eigenvalue weighted by molar-refractivity contribution is 0.0966. The number of nitrogens with one attached hydrogen (secondary N) is 2. The summed E-state index contributed by atoms with van der Waals surface area (Å²) in [6.07, 6.45) is 2.90. The number of anilines is 2. The molecule has 0 radical (unpaired) electrons. The largest absolute Gasteiger partial charge is 0.381 e. The second-order valence-electron chi connectivity index (χ2n) is 9.88. The predicted molar refractivity (Wildman–Crippen MR) is 140 cm³/mol. The Kier molecular flexibility index (Phi) is 5.70. The third-order valence-corrected chi connectivity index (χ3v) is 7.10. The van der Waals surface area contributed by atoms with Gasteiger partial charge in [0.25, 0.3) is 5.91 Å². The van der Waals surface area contributed by atoms with E-state index in [9.17, 15) is 4.79 Å². The van der Waals surface area contributed by atoms with Gasteiger partial charge in [-0.1, -0.05) is 18.2 Å². The first-order chi connectivity index (χ1) is 17.5. The highest BCUT2D eigenvalue weighted by Crippen LogP contribution is 2.37. The maximum atomic E-state index is 12.9. The first kappa shape index (κ1) is 22.7. The summed E-state index contributed by atoms with van der Waals surface area (Å²) >= 11 is 0. The average Bonchev–Trinajstić information content (AvgIpc) is 3.60. The first-order valence-electron chi connectivity index (χ1n) is 12.4. The van der Waals surface area contributed by atoms with Crippen molar-refractivity contribution in [2.75, 3.05) is 32.6 Å². The number of carbonyl (C=O) groups is 1. The quantitative estimate of drug-likeness (QED) is 0.427. The van der Waals surface area contributed by atoms with Crippen LogP contribution in [0.3, 0.4) is 0 Å². The van der Waals surface area contributed by atoms with Gasteiger partial charge in [-0.2, -0.15) is 5.10 Å². The van der Waals surface area contributed by atoms with Crippen molar-refractivity contribution in [3.05, 3.63) is 76.7 Å². The molecule has 184 valence electrons. The molecule has 2 aliphatic rings. The summed E-state index contributed by atoms with van der Waals surface area (Å²) in [6.45, 7) is 4.81. The summed E-state index contributed by atoms with van der Waals surface area (Å²) in [5, 5.41) is 11.0. The van der Waals surface area contributed by atoms with Crippen LogP contribution in [0.5, 0.6) is 0 Å². The molecule has 0 spiro atoms. The van der Waals surface area contributed by atoms with Crippen LogP contribution in [0.4, 0.5) is 11.5 Å². The van der Waals surface area contributed by atoms with Crippen LogP contribution in [-0.2, 0) is 17.8 Å². The van der Waals surface area contributed by atoms with Gasteiger partial charge in [-0.15, -0.1) is 0 Å². The van der Waals surface area contributed by atoms with Crippen LogP contribution in [0.2, 0.25) is 0 Å². The van der Waals surface area contributed by atoms with Gasteiger partial charge in [0.2, 0.25) is 0 Å². The predicted octanol–water partition coefficient (Wildman–Crippen LogP) is 4.26. The highest BCUT2D eigenvalue weighted by Gasteiger charge is 2.28. The van der Waals surface area contributed by atoms with Crippen molar-refractivity contribution in [3.8, 4) is 11.1 Å². The molecule has 0 unspecified atom stereocenters. The van der Waals surface area contributed by atoms with Crippen LogP contribution >= 0.6 is 0 Å². The second-order valence-corrected chi connectivity index (χ2v) is 9.88. The van der Waals surface area contributed by atoms with Gasteiger partial charge in [-0.3, -0.25) is 4.79 Å². The minimum Gasteiger partial charge on any atom is -0.381 e. The number of benzene rings is 1. The van der Waals surface area contributed by atoms with E-state index >= 15 is 0 Å². The zero-order valence-electron chi connectivity index (χ0n) is 20.8. The van der Waals surface area contributed by atoms with E-state index in [1.165, 1.54) is 5.56 Å². The highest BCUT2D eigenvalue weighted by atomic mass is 16.5. The highest BCUT2D eigenvalue weighted by molar-refractivity contribution is 6.06. The van der Waals surface area contributed by atoms with E-state index < -0.39 is 0 Å². The maximum absolute atomic E-state index is 12.9. The Morgan fingerprint density at radius 1 is 1.17 bits per heavy atom. The molecule has 1 saturated heterocycles. The molecule has 4 aromatic rings. The molecular weight excluding hydrogens is 452 g/mol. The minimum atomic E-state index is -0.0738. The Labute approximate surface area is 210 Å². The Morgan fingerprint density at radius 3 is 2.86 bits per heavy atom. The fourth-order valence-corrected chi connectivity index (χ4v) is 5.36. The number of hydrogen-bond donors (Lipinski definition) is 2. The number of hydrogen-bond acceptors (Lipinski definition) is 6. The number of carbonyl (C=O) groups excluding carboxylic acids is 1. The monoisotopic (exact) mass is 482 g/mol. The number of ether oxygens (including phenoxy) is 1. The van der Waals surface area contributed by atoms with Gasteiger partial charge in [0.1, 0.15) is 5.82 Å². The van der Waals surface area contributed by atoms with Gasteiger partial charge < -0.3 is 20.3 Å². The number of nitrogens with zero attached hydrogens (tertiary/aromatic N) is 4. The number of aromatic nitrogens is 3. The van der Waals surface area contributed by atoms with Crippen molar-refractivity contribution >= 4 is 22.9 Å². The van der Waals surface area contributed by atoms with Crippen LogP contribution in [-0.4, -0.2) is 52.7 Å². The van der Waals surface area contributed by atoms with Gasteiger partial charge in [0, 0.05) is 36.9 Å². The molecule has 2 aliphatic heterocycles. The van der Waals surface area contributed by atoms with E-state index in [1.54, 1.807) is 0 Å². The SMILES string of the molecule is Cc1cccc2c(-c3ccc(Nc4ccc([C@@H]5CCOC5)c(CN(C)C)n4)c4c3CNC4=O)cnn12. The number of rotatable bonds is 6. The zero-order chi connectivity index (χ0) is 24.8. The van der Waals surface area contributed by atoms with Crippen LogP contribution in [0.1, 0.15) is 45.2 Å². The number of fused-ring (bicyclic) bond motifs is 2. The summed E-state index contributed by atoms with van der Waals surface area (Å²) in [7, 11) is 4.10. The van der Waals surface area contributed by atoms with Gasteiger partial charge in [-0.25, -0.2) is 9.50 Å². The Hall–Kier alpha value is -3.75. The van der Waals surface area contributed by atoms with Gasteiger partial charge in [-0.05, 0) is 68.4 Å². The smallest absolute Gasteiger partial charge is 0.254 e. The van der Waals surface area contributed by atoms with Crippen LogP contribution in [0.15, 0.2) is 48.7 Å². The fraction of sp³-hybridized carbons (Fsp3) is 0.321. The van der Waals surface area contributed by atoms with Crippen molar-refractivity contribution < 1.29 is 9.53 Å². The van der Waals surface area contributed by atoms with E-state index in [0.717, 1.165) is 71.3 Å². The van der Waals surface area contributed by atoms with Gasteiger partial charge >= 0.3 is 0 Å². The molecule has 1 atom stereocenters. The Balaban J connectivity index is 1.38. The third-order valence-electron chi connectivity index (χ3n) is 7.10. The lowest BCUT2D eigenvalue weighted by atomic mass is 9.95. The summed E-state index contributed by atoms with van der Waals surface area (Å²) in [5.41, 5.74) is 8.83. The summed E-state index contributed by atoms with van der Waals surface area (Å²) in [5.74, 6) is 1.04. The molecule has 3 aromatic heterocycles. The van der Waals surface area contributed by atoms with Gasteiger partial charge in [0.05, 0.1) is 35.3 Å². The molecule has 1 amide bonds. The van der Waals surface area contributed by atoms with Crippen molar-refractivity contribution in [2.45, 2.75) is 32.4 Å². The fourth-order valence-electron chi connectivity index (χ4n) is 5.36. The van der Waals surface area contributed by atoms with Gasteiger partial charge in [0.15, 0.2) is 0 Å². The van der Waals surface area contributed by atoms with Crippen molar-refractivity contribution in [3.63, 3.8) is 0 Å². The second kappa shape index (κ2) is 9.04. The van der Waals surface area contributed by atoms with Crippen LogP contribution < -0.4 is 10.6 Å². The summed E-state index contributed by atoms with van der Waals surface area (Å²) in [6, 6.07) is 14.3. The molecule has 1 aromatic carbocycles. The maximum Gasteiger partial charge on any atom is 0.254 e. The van der Waals surface area contributed by atoms with E-state index in [0.29, 0.717) is 18.0 Å². The molecular formula is C28H30N6O2. The average molecular weight is 483 g/mol. The topological polar surface area (TPSA) is 83.8 Å². The zero-order valence-corrected chi connectivity index (χ0v) is 20.8. The van der Waals surface area contributed by atoms with E-state index in [2.05, 4.69) is 52.9 Å². The third kappa shape index (κ3) is 3.92. The summed E-state index contributed by atoms with van der Waals surface area (Å²) < 4.78 is 7.56. The molecule has 6 rings (SSSR count). The standard InChI is InChI=1S/C28H30N6O2/c1-17-5-4-6-25-21(14-30-34(17)25)20-7-9-23(27-22(20)13-29-28(27)35)31-26-10-8-19(18-11-12-36-16-18)24(32-26)15-33(2)3/h4-10,14,18H,11-13,15-16H2,1-3H3,(H,29,35)(H,31,32)/t18-/m1/s1. The molecule has 0 bridgehead atoms. The van der Waals surface area contributed by atoms with Crippen LogP contribution in [0, 0.1) is 6.92 Å². The molecule has 0 aliphatic carbocycles. The normalized spacial score (nSPS) is 17.1. The minimum absolute atomic E-state index is 0.0738.